The largest absolute Gasteiger partial charge is 0.490 e. The third-order valence-corrected chi connectivity index (χ3v) is 6.38. The van der Waals surface area contributed by atoms with Crippen LogP contribution in [0.15, 0.2) is 36.7 Å². The highest BCUT2D eigenvalue weighted by Gasteiger charge is 2.23. The number of benzene rings is 2. The van der Waals surface area contributed by atoms with E-state index < -0.39 is 5.82 Å². The molecule has 2 aliphatic rings. The number of fused-ring (bicyclic) bond motifs is 2. The quantitative estimate of drug-likeness (QED) is 0.361. The lowest BCUT2D eigenvalue weighted by molar-refractivity contribution is 0.0357. The predicted octanol–water partition coefficient (Wildman–Crippen LogP) is 5.23. The fourth-order valence-corrected chi connectivity index (χ4v) is 4.38. The number of hydrogen-bond donors (Lipinski definition) is 2. The van der Waals surface area contributed by atoms with Gasteiger partial charge in [-0.1, -0.05) is 17.7 Å². The predicted molar refractivity (Wildman–Crippen MR) is 139 cm³/mol. The first kappa shape index (κ1) is 25.3. The molecule has 0 aliphatic carbocycles. The van der Waals surface area contributed by atoms with Gasteiger partial charge < -0.3 is 29.6 Å². The summed E-state index contributed by atoms with van der Waals surface area (Å²) in [5.41, 5.74) is 1.57. The summed E-state index contributed by atoms with van der Waals surface area (Å²) in [7, 11) is 0. The van der Waals surface area contributed by atoms with Crippen molar-refractivity contribution in [3.05, 3.63) is 53.1 Å². The third-order valence-electron chi connectivity index (χ3n) is 6.09. The monoisotopic (exact) mass is 529 g/mol. The van der Waals surface area contributed by atoms with Crippen LogP contribution < -0.4 is 24.8 Å². The molecule has 11 heteroatoms. The minimum atomic E-state index is -0.564. The molecule has 0 radical (unpaired) electrons. The second kappa shape index (κ2) is 11.8. The van der Waals surface area contributed by atoms with Gasteiger partial charge in [-0.15, -0.1) is 0 Å². The van der Waals surface area contributed by atoms with E-state index >= 15 is 0 Å². The molecule has 2 aromatic carbocycles. The number of rotatable bonds is 9. The number of anilines is 3. The standard InChI is InChI=1S/C26H29ClFN5O4/c1-2-35-22-14-20-17(13-21(22)36-10-4-7-33-8-11-34-12-9-33)15-29-24-25(30-16-31-26(24)37-20)32-19-6-3-5-18(27)23(19)28/h3,5-6,13-14,16,29H,2,4,7-12,15H2,1H3,(H,30,31,32). The lowest BCUT2D eigenvalue weighted by Gasteiger charge is -2.26. The molecule has 1 aromatic heterocycles. The Morgan fingerprint density at radius 1 is 1.16 bits per heavy atom. The van der Waals surface area contributed by atoms with E-state index in [2.05, 4.69) is 25.5 Å². The molecule has 3 aromatic rings. The summed E-state index contributed by atoms with van der Waals surface area (Å²) in [6, 6.07) is 8.47. The van der Waals surface area contributed by atoms with Crippen molar-refractivity contribution in [2.75, 3.05) is 56.7 Å². The van der Waals surface area contributed by atoms with Gasteiger partial charge in [0, 0.05) is 37.8 Å². The van der Waals surface area contributed by atoms with Crippen molar-refractivity contribution in [3.63, 3.8) is 0 Å². The zero-order chi connectivity index (χ0) is 25.6. The first-order valence-corrected chi connectivity index (χ1v) is 12.7. The summed E-state index contributed by atoms with van der Waals surface area (Å²) in [6.07, 6.45) is 2.25. The first-order chi connectivity index (χ1) is 18.1. The van der Waals surface area contributed by atoms with Crippen LogP contribution in [0.1, 0.15) is 18.9 Å². The maximum absolute atomic E-state index is 14.5. The number of aromatic nitrogens is 2. The SMILES string of the molecule is CCOc1cc2c(cc1OCCCN1CCOCC1)CNc1c(Nc3cccc(Cl)c3F)ncnc1O2. The van der Waals surface area contributed by atoms with E-state index in [0.29, 0.717) is 54.4 Å². The normalized spacial score (nSPS) is 15.0. The first-order valence-electron chi connectivity index (χ1n) is 12.3. The molecule has 2 N–H and O–H groups in total. The Hall–Kier alpha value is -3.34. The minimum absolute atomic E-state index is 0.0164. The molecule has 0 bridgehead atoms. The molecule has 2 aliphatic heterocycles. The summed E-state index contributed by atoms with van der Waals surface area (Å²) >= 11 is 5.93. The number of halogens is 2. The van der Waals surface area contributed by atoms with Crippen molar-refractivity contribution in [3.8, 4) is 23.1 Å². The third kappa shape index (κ3) is 5.98. The van der Waals surface area contributed by atoms with Crippen LogP contribution in [0.4, 0.5) is 21.6 Å². The van der Waals surface area contributed by atoms with Crippen LogP contribution in [-0.2, 0) is 11.3 Å². The summed E-state index contributed by atoms with van der Waals surface area (Å²) < 4.78 is 38.0. The molecule has 196 valence electrons. The molecule has 3 heterocycles. The van der Waals surface area contributed by atoms with Crippen molar-refractivity contribution in [1.82, 2.24) is 14.9 Å². The van der Waals surface area contributed by atoms with E-state index in [1.54, 1.807) is 12.1 Å². The summed E-state index contributed by atoms with van der Waals surface area (Å²) in [4.78, 5) is 10.9. The van der Waals surface area contributed by atoms with E-state index in [4.69, 9.17) is 30.5 Å². The molecule has 1 fully saturated rings. The zero-order valence-corrected chi connectivity index (χ0v) is 21.3. The van der Waals surface area contributed by atoms with Crippen LogP contribution in [0.25, 0.3) is 0 Å². The van der Waals surface area contributed by atoms with Crippen molar-refractivity contribution in [2.24, 2.45) is 0 Å². The van der Waals surface area contributed by atoms with Crippen molar-refractivity contribution >= 4 is 28.8 Å². The number of ether oxygens (including phenoxy) is 4. The van der Waals surface area contributed by atoms with Gasteiger partial charge in [-0.25, -0.2) is 9.37 Å². The second-order valence-electron chi connectivity index (χ2n) is 8.58. The number of nitrogens with one attached hydrogen (secondary N) is 2. The van der Waals surface area contributed by atoms with E-state index in [-0.39, 0.29) is 10.7 Å². The maximum atomic E-state index is 14.5. The van der Waals surface area contributed by atoms with Gasteiger partial charge in [0.05, 0.1) is 37.1 Å². The molecule has 5 rings (SSSR count). The Morgan fingerprint density at radius 3 is 2.84 bits per heavy atom. The Balaban J connectivity index is 1.32. The van der Waals surface area contributed by atoms with Crippen molar-refractivity contribution in [2.45, 2.75) is 19.9 Å². The molecular formula is C26H29ClFN5O4. The molecule has 1 saturated heterocycles. The molecule has 0 saturated carbocycles. The highest BCUT2D eigenvalue weighted by Crippen LogP contribution is 2.43. The molecule has 37 heavy (non-hydrogen) atoms. The molecule has 0 unspecified atom stereocenters. The fourth-order valence-electron chi connectivity index (χ4n) is 4.21. The number of nitrogens with zero attached hydrogens (tertiary/aromatic N) is 3. The molecule has 9 nitrogen and oxygen atoms in total. The zero-order valence-electron chi connectivity index (χ0n) is 20.6. The average molecular weight is 530 g/mol. The number of morpholine rings is 1. The Kier molecular flexibility index (Phi) is 8.08. The van der Waals surface area contributed by atoms with Crippen molar-refractivity contribution < 1.29 is 23.3 Å². The van der Waals surface area contributed by atoms with E-state index in [1.807, 2.05) is 19.1 Å². The van der Waals surface area contributed by atoms with Gasteiger partial charge in [0.25, 0.3) is 0 Å². The van der Waals surface area contributed by atoms with Gasteiger partial charge >= 0.3 is 0 Å². The Bertz CT molecular complexity index is 1240. The van der Waals surface area contributed by atoms with E-state index in [0.717, 1.165) is 44.8 Å². The molecule has 0 atom stereocenters. The lowest BCUT2D eigenvalue weighted by atomic mass is 10.1. The van der Waals surface area contributed by atoms with Crippen LogP contribution in [0.3, 0.4) is 0 Å². The van der Waals surface area contributed by atoms with Crippen molar-refractivity contribution in [1.29, 1.82) is 0 Å². The molecule has 0 amide bonds. The lowest BCUT2D eigenvalue weighted by Crippen LogP contribution is -2.37. The number of hydrogen-bond acceptors (Lipinski definition) is 9. The van der Waals surface area contributed by atoms with Gasteiger partial charge in [-0.05, 0) is 31.5 Å². The van der Waals surface area contributed by atoms with Gasteiger partial charge in [0.2, 0.25) is 5.88 Å². The minimum Gasteiger partial charge on any atom is -0.490 e. The van der Waals surface area contributed by atoms with Crippen LogP contribution in [0.5, 0.6) is 23.1 Å². The molecular weight excluding hydrogens is 501 g/mol. The molecule has 0 spiro atoms. The summed E-state index contributed by atoms with van der Waals surface area (Å²) in [5.74, 6) is 1.96. The van der Waals surface area contributed by atoms with Crippen LogP contribution in [0.2, 0.25) is 5.02 Å². The maximum Gasteiger partial charge on any atom is 0.248 e. The topological polar surface area (TPSA) is 90.0 Å². The van der Waals surface area contributed by atoms with Crippen LogP contribution in [-0.4, -0.2) is 60.9 Å². The van der Waals surface area contributed by atoms with Crippen LogP contribution >= 0.6 is 11.6 Å². The van der Waals surface area contributed by atoms with E-state index in [9.17, 15) is 4.39 Å². The average Bonchev–Trinajstić information content (AvgIpc) is 3.09. The van der Waals surface area contributed by atoms with Gasteiger partial charge in [-0.2, -0.15) is 4.98 Å². The van der Waals surface area contributed by atoms with Crippen LogP contribution in [0, 0.1) is 5.82 Å². The highest BCUT2D eigenvalue weighted by molar-refractivity contribution is 6.31. The Labute approximate surface area is 219 Å². The van der Waals surface area contributed by atoms with Gasteiger partial charge in [0.15, 0.2) is 23.1 Å². The van der Waals surface area contributed by atoms with Gasteiger partial charge in [0.1, 0.15) is 17.8 Å². The summed E-state index contributed by atoms with van der Waals surface area (Å²) in [5, 5.41) is 6.31. The second-order valence-corrected chi connectivity index (χ2v) is 8.99. The Morgan fingerprint density at radius 2 is 2.00 bits per heavy atom. The fraction of sp³-hybridized carbons (Fsp3) is 0.385. The van der Waals surface area contributed by atoms with E-state index in [1.165, 1.54) is 12.4 Å². The highest BCUT2D eigenvalue weighted by atomic mass is 35.5. The van der Waals surface area contributed by atoms with Gasteiger partial charge in [-0.3, -0.25) is 4.90 Å². The smallest absolute Gasteiger partial charge is 0.248 e. The summed E-state index contributed by atoms with van der Waals surface area (Å²) in [6.45, 7) is 7.82.